The highest BCUT2D eigenvalue weighted by atomic mass is 32.2. The standard InChI is InChI=1S/C22H20N2O3S/c1-15-7-10-17(11-8-15)27-14-22-23-19-12-9-16(13-20(19)24-22)18-5-3-4-6-21(18)28(2,25)26/h3-13H,14H2,1-2H3,(H,23,24). The van der Waals surface area contributed by atoms with Gasteiger partial charge in [0, 0.05) is 11.8 Å². The first-order valence-corrected chi connectivity index (χ1v) is 10.8. The summed E-state index contributed by atoms with van der Waals surface area (Å²) in [4.78, 5) is 8.15. The fourth-order valence-corrected chi connectivity index (χ4v) is 4.02. The van der Waals surface area contributed by atoms with Crippen molar-refractivity contribution in [3.05, 3.63) is 78.1 Å². The molecule has 28 heavy (non-hydrogen) atoms. The molecular weight excluding hydrogens is 372 g/mol. The van der Waals surface area contributed by atoms with E-state index in [-0.39, 0.29) is 0 Å². The highest BCUT2D eigenvalue weighted by Gasteiger charge is 2.15. The third kappa shape index (κ3) is 3.77. The van der Waals surface area contributed by atoms with Crippen molar-refractivity contribution in [2.75, 3.05) is 6.26 Å². The smallest absolute Gasteiger partial charge is 0.176 e. The SMILES string of the molecule is Cc1ccc(OCc2nc3cc(-c4ccccc4S(C)(=O)=O)ccc3[nH]2)cc1. The van der Waals surface area contributed by atoms with Gasteiger partial charge in [0.25, 0.3) is 0 Å². The van der Waals surface area contributed by atoms with Gasteiger partial charge in [-0.15, -0.1) is 0 Å². The Labute approximate surface area is 163 Å². The van der Waals surface area contributed by atoms with Gasteiger partial charge in [-0.3, -0.25) is 0 Å². The summed E-state index contributed by atoms with van der Waals surface area (Å²) in [5, 5.41) is 0. The largest absolute Gasteiger partial charge is 0.486 e. The number of hydrogen-bond acceptors (Lipinski definition) is 4. The molecule has 0 unspecified atom stereocenters. The monoisotopic (exact) mass is 392 g/mol. The Bertz CT molecular complexity index is 1240. The molecule has 3 aromatic carbocycles. The van der Waals surface area contributed by atoms with Gasteiger partial charge in [-0.2, -0.15) is 0 Å². The fourth-order valence-electron chi connectivity index (χ4n) is 3.11. The number of benzene rings is 3. The number of aryl methyl sites for hydroxylation is 1. The van der Waals surface area contributed by atoms with Crippen molar-refractivity contribution in [3.63, 3.8) is 0 Å². The number of fused-ring (bicyclic) bond motifs is 1. The van der Waals surface area contributed by atoms with Crippen LogP contribution in [0, 0.1) is 6.92 Å². The molecule has 0 aliphatic rings. The van der Waals surface area contributed by atoms with E-state index < -0.39 is 9.84 Å². The van der Waals surface area contributed by atoms with Gasteiger partial charge in [-0.05, 0) is 42.8 Å². The Morgan fingerprint density at radius 2 is 1.75 bits per heavy atom. The van der Waals surface area contributed by atoms with Crippen molar-refractivity contribution in [2.24, 2.45) is 0 Å². The summed E-state index contributed by atoms with van der Waals surface area (Å²) >= 11 is 0. The fraction of sp³-hybridized carbons (Fsp3) is 0.136. The molecule has 5 nitrogen and oxygen atoms in total. The molecule has 6 heteroatoms. The van der Waals surface area contributed by atoms with Gasteiger partial charge >= 0.3 is 0 Å². The zero-order valence-electron chi connectivity index (χ0n) is 15.6. The van der Waals surface area contributed by atoms with Crippen LogP contribution in [0.5, 0.6) is 5.75 Å². The molecule has 1 heterocycles. The molecular formula is C22H20N2O3S. The van der Waals surface area contributed by atoms with Crippen LogP contribution in [0.15, 0.2) is 71.6 Å². The maximum Gasteiger partial charge on any atom is 0.176 e. The van der Waals surface area contributed by atoms with E-state index in [1.165, 1.54) is 11.8 Å². The predicted molar refractivity (Wildman–Crippen MR) is 110 cm³/mol. The summed E-state index contributed by atoms with van der Waals surface area (Å²) in [5.74, 6) is 1.50. The van der Waals surface area contributed by atoms with Gasteiger partial charge < -0.3 is 9.72 Å². The zero-order chi connectivity index (χ0) is 19.7. The summed E-state index contributed by atoms with van der Waals surface area (Å²) in [6, 6.07) is 20.6. The van der Waals surface area contributed by atoms with Gasteiger partial charge in [0.05, 0.1) is 15.9 Å². The average molecular weight is 392 g/mol. The van der Waals surface area contributed by atoms with Crippen LogP contribution >= 0.6 is 0 Å². The number of rotatable bonds is 5. The Morgan fingerprint density at radius 1 is 1.00 bits per heavy atom. The molecule has 0 saturated carbocycles. The number of hydrogen-bond donors (Lipinski definition) is 1. The topological polar surface area (TPSA) is 72.0 Å². The minimum atomic E-state index is -3.32. The number of H-pyrrole nitrogens is 1. The summed E-state index contributed by atoms with van der Waals surface area (Å²) < 4.78 is 30.0. The first-order valence-electron chi connectivity index (χ1n) is 8.88. The highest BCUT2D eigenvalue weighted by molar-refractivity contribution is 7.90. The predicted octanol–water partition coefficient (Wildman–Crippen LogP) is 4.52. The van der Waals surface area contributed by atoms with Crippen LogP contribution in [0.25, 0.3) is 22.2 Å². The average Bonchev–Trinajstić information content (AvgIpc) is 3.09. The van der Waals surface area contributed by atoms with Crippen LogP contribution in [-0.2, 0) is 16.4 Å². The summed E-state index contributed by atoms with van der Waals surface area (Å²) in [6.07, 6.45) is 1.22. The number of nitrogens with zero attached hydrogens (tertiary/aromatic N) is 1. The number of aromatic nitrogens is 2. The second-order valence-corrected chi connectivity index (χ2v) is 8.77. The van der Waals surface area contributed by atoms with Crippen molar-refractivity contribution < 1.29 is 13.2 Å². The van der Waals surface area contributed by atoms with Gasteiger partial charge in [-0.25, -0.2) is 13.4 Å². The Hall–Kier alpha value is -3.12. The molecule has 0 fully saturated rings. The second kappa shape index (κ2) is 7.13. The summed E-state index contributed by atoms with van der Waals surface area (Å²) in [6.45, 7) is 2.36. The number of aromatic amines is 1. The van der Waals surface area contributed by atoms with E-state index in [1.807, 2.05) is 61.5 Å². The first kappa shape index (κ1) is 18.3. The maximum absolute atomic E-state index is 12.1. The van der Waals surface area contributed by atoms with Crippen molar-refractivity contribution in [1.29, 1.82) is 0 Å². The number of sulfone groups is 1. The van der Waals surface area contributed by atoms with E-state index >= 15 is 0 Å². The maximum atomic E-state index is 12.1. The van der Waals surface area contributed by atoms with Crippen LogP contribution in [0.3, 0.4) is 0 Å². The lowest BCUT2D eigenvalue weighted by Crippen LogP contribution is -1.99. The molecule has 0 aliphatic heterocycles. The van der Waals surface area contributed by atoms with Gasteiger partial charge in [-0.1, -0.05) is 42.0 Å². The van der Waals surface area contributed by atoms with Gasteiger partial charge in [0.2, 0.25) is 0 Å². The number of imidazole rings is 1. The minimum absolute atomic E-state index is 0.313. The molecule has 0 atom stereocenters. The molecule has 142 valence electrons. The molecule has 1 aromatic heterocycles. The summed E-state index contributed by atoms with van der Waals surface area (Å²) in [5.41, 5.74) is 4.31. The third-order valence-electron chi connectivity index (χ3n) is 4.53. The highest BCUT2D eigenvalue weighted by Crippen LogP contribution is 2.29. The first-order chi connectivity index (χ1) is 13.4. The number of nitrogens with one attached hydrogen (secondary N) is 1. The van der Waals surface area contributed by atoms with E-state index in [1.54, 1.807) is 12.1 Å². The van der Waals surface area contributed by atoms with Crippen molar-refractivity contribution in [2.45, 2.75) is 18.4 Å². The molecule has 1 N–H and O–H groups in total. The number of ether oxygens (including phenoxy) is 1. The molecule has 0 saturated heterocycles. The molecule has 0 bridgehead atoms. The lowest BCUT2D eigenvalue weighted by Gasteiger charge is -2.07. The zero-order valence-corrected chi connectivity index (χ0v) is 16.5. The molecule has 0 spiro atoms. The molecule has 0 radical (unpaired) electrons. The van der Waals surface area contributed by atoms with Crippen LogP contribution in [-0.4, -0.2) is 24.6 Å². The third-order valence-corrected chi connectivity index (χ3v) is 5.68. The molecule has 0 aliphatic carbocycles. The molecule has 4 rings (SSSR count). The second-order valence-electron chi connectivity index (χ2n) is 6.79. The van der Waals surface area contributed by atoms with E-state index in [0.29, 0.717) is 22.9 Å². The van der Waals surface area contributed by atoms with Crippen molar-refractivity contribution in [3.8, 4) is 16.9 Å². The van der Waals surface area contributed by atoms with Crippen molar-refractivity contribution in [1.82, 2.24) is 9.97 Å². The Balaban J connectivity index is 1.63. The quantitative estimate of drug-likeness (QED) is 0.542. The van der Waals surface area contributed by atoms with E-state index in [2.05, 4.69) is 9.97 Å². The van der Waals surface area contributed by atoms with Crippen LogP contribution in [0.2, 0.25) is 0 Å². The van der Waals surface area contributed by atoms with Gasteiger partial charge in [0.15, 0.2) is 9.84 Å². The van der Waals surface area contributed by atoms with Crippen LogP contribution < -0.4 is 4.74 Å². The Kier molecular flexibility index (Phi) is 4.65. The summed E-state index contributed by atoms with van der Waals surface area (Å²) in [7, 11) is -3.32. The normalized spacial score (nSPS) is 11.6. The van der Waals surface area contributed by atoms with E-state index in [4.69, 9.17) is 4.74 Å². The van der Waals surface area contributed by atoms with E-state index in [9.17, 15) is 8.42 Å². The van der Waals surface area contributed by atoms with E-state index in [0.717, 1.165) is 22.3 Å². The molecule has 0 amide bonds. The lowest BCUT2D eigenvalue weighted by molar-refractivity contribution is 0.297. The van der Waals surface area contributed by atoms with Crippen LogP contribution in [0.1, 0.15) is 11.4 Å². The van der Waals surface area contributed by atoms with Crippen LogP contribution in [0.4, 0.5) is 0 Å². The lowest BCUT2D eigenvalue weighted by atomic mass is 10.1. The minimum Gasteiger partial charge on any atom is -0.486 e. The van der Waals surface area contributed by atoms with Crippen molar-refractivity contribution >= 4 is 20.9 Å². The Morgan fingerprint density at radius 3 is 2.50 bits per heavy atom. The van der Waals surface area contributed by atoms with Gasteiger partial charge in [0.1, 0.15) is 18.2 Å². The molecule has 4 aromatic rings.